The Kier molecular flexibility index (Phi) is 8.46. The van der Waals surface area contributed by atoms with Gasteiger partial charge in [-0.15, -0.1) is 0 Å². The molecule has 4 unspecified atom stereocenters. The van der Waals surface area contributed by atoms with Crippen LogP contribution in [0.2, 0.25) is 0 Å². The molecule has 0 heterocycles. The normalized spacial score (nSPS) is 27.2. The predicted molar refractivity (Wildman–Crippen MR) is 124 cm³/mol. The average Bonchev–Trinajstić information content (AvgIpc) is 2.79. The van der Waals surface area contributed by atoms with Gasteiger partial charge in [-0.3, -0.25) is 0 Å². The van der Waals surface area contributed by atoms with Crippen molar-refractivity contribution in [2.45, 2.75) is 89.9 Å². The molecule has 0 nitrogen and oxygen atoms in total. The number of hydrogen-bond donors (Lipinski definition) is 0. The van der Waals surface area contributed by atoms with Crippen LogP contribution >= 0.6 is 0 Å². The van der Waals surface area contributed by atoms with Gasteiger partial charge in [0.25, 0.3) is 11.8 Å². The highest BCUT2D eigenvalue weighted by atomic mass is 19.3. The Labute approximate surface area is 207 Å². The molecular formula is C28H32F8. The van der Waals surface area contributed by atoms with Gasteiger partial charge in [0, 0.05) is 18.8 Å². The van der Waals surface area contributed by atoms with Gasteiger partial charge in [-0.1, -0.05) is 38.1 Å². The average molecular weight is 521 g/mol. The first kappa shape index (κ1) is 28.5. The van der Waals surface area contributed by atoms with Crippen LogP contribution in [0.15, 0.2) is 24.3 Å². The van der Waals surface area contributed by atoms with Crippen LogP contribution in [0.1, 0.15) is 86.5 Å². The molecule has 2 aliphatic carbocycles. The maximum Gasteiger partial charge on any atom is 0.255 e. The van der Waals surface area contributed by atoms with Crippen molar-refractivity contribution in [2.75, 3.05) is 0 Å². The summed E-state index contributed by atoms with van der Waals surface area (Å²) in [5, 5.41) is 0. The van der Waals surface area contributed by atoms with Gasteiger partial charge >= 0.3 is 0 Å². The molecule has 4 atom stereocenters. The molecule has 2 aliphatic rings. The number of benzene rings is 2. The highest BCUT2D eigenvalue weighted by molar-refractivity contribution is 5.30. The van der Waals surface area contributed by atoms with Crippen LogP contribution in [-0.4, -0.2) is 11.8 Å². The van der Waals surface area contributed by atoms with Crippen molar-refractivity contribution in [2.24, 2.45) is 11.8 Å². The van der Waals surface area contributed by atoms with Crippen molar-refractivity contribution in [3.63, 3.8) is 0 Å². The quantitative estimate of drug-likeness (QED) is 0.346. The second-order valence-corrected chi connectivity index (χ2v) is 10.5. The summed E-state index contributed by atoms with van der Waals surface area (Å²) in [7, 11) is 0. The van der Waals surface area contributed by atoms with Crippen LogP contribution in [0, 0.1) is 49.0 Å². The molecule has 2 saturated carbocycles. The van der Waals surface area contributed by atoms with E-state index in [2.05, 4.69) is 0 Å². The summed E-state index contributed by atoms with van der Waals surface area (Å²) in [6.45, 7) is 6.14. The molecule has 0 amide bonds. The van der Waals surface area contributed by atoms with E-state index in [4.69, 9.17) is 0 Å². The number of aryl methyl sites for hydroxylation is 2. The van der Waals surface area contributed by atoms with Crippen molar-refractivity contribution in [1.82, 2.24) is 0 Å². The van der Waals surface area contributed by atoms with Crippen LogP contribution in [-0.2, 0) is 0 Å². The monoisotopic (exact) mass is 520 g/mol. The number of rotatable bonds is 2. The molecule has 200 valence electrons. The Morgan fingerprint density at radius 2 is 1.14 bits per heavy atom. The summed E-state index contributed by atoms with van der Waals surface area (Å²) in [6, 6.07) is 5.54. The van der Waals surface area contributed by atoms with Gasteiger partial charge < -0.3 is 0 Å². The summed E-state index contributed by atoms with van der Waals surface area (Å²) in [5.74, 6) is -12.3. The lowest BCUT2D eigenvalue weighted by molar-refractivity contribution is -0.0851. The zero-order chi connectivity index (χ0) is 27.0. The molecule has 0 saturated heterocycles. The minimum atomic E-state index is -2.96. The van der Waals surface area contributed by atoms with Crippen LogP contribution in [0.5, 0.6) is 0 Å². The van der Waals surface area contributed by atoms with Crippen molar-refractivity contribution in [3.05, 3.63) is 69.8 Å². The highest BCUT2D eigenvalue weighted by Crippen LogP contribution is 2.48. The molecule has 2 aromatic rings. The van der Waals surface area contributed by atoms with Gasteiger partial charge in [0.15, 0.2) is 23.3 Å². The van der Waals surface area contributed by atoms with Crippen molar-refractivity contribution < 1.29 is 35.1 Å². The van der Waals surface area contributed by atoms with Crippen LogP contribution in [0.25, 0.3) is 0 Å². The molecule has 4 rings (SSSR count). The van der Waals surface area contributed by atoms with E-state index >= 15 is 0 Å². The maximum atomic E-state index is 13.9. The fourth-order valence-corrected chi connectivity index (χ4v) is 5.22. The molecule has 0 bridgehead atoms. The maximum absolute atomic E-state index is 13.9. The van der Waals surface area contributed by atoms with Gasteiger partial charge in [-0.05, 0) is 73.6 Å². The minimum Gasteiger partial charge on any atom is -0.207 e. The molecule has 0 aromatic heterocycles. The Hall–Kier alpha value is -2.12. The summed E-state index contributed by atoms with van der Waals surface area (Å²) >= 11 is 0. The summed E-state index contributed by atoms with van der Waals surface area (Å²) in [5.41, 5.74) is 0.246. The van der Waals surface area contributed by atoms with Crippen LogP contribution in [0.3, 0.4) is 0 Å². The van der Waals surface area contributed by atoms with E-state index in [1.54, 1.807) is 6.92 Å². The zero-order valence-electron chi connectivity index (χ0n) is 20.9. The molecule has 2 aromatic carbocycles. The molecule has 36 heavy (non-hydrogen) atoms. The van der Waals surface area contributed by atoms with Gasteiger partial charge in [0.2, 0.25) is 0 Å². The first-order valence-corrected chi connectivity index (χ1v) is 12.3. The van der Waals surface area contributed by atoms with Gasteiger partial charge in [-0.25, -0.2) is 35.1 Å². The van der Waals surface area contributed by atoms with E-state index < -0.39 is 59.3 Å². The third-order valence-corrected chi connectivity index (χ3v) is 7.69. The van der Waals surface area contributed by atoms with E-state index in [0.29, 0.717) is 19.3 Å². The standard InChI is InChI=1S/2C14H16F4/c1-8-3-6-11(13(16)12(8)15)10-5-4-9(2)14(17,18)7-10;1-8-3-6-11(14(17,18)7-8)10-5-4-9(2)12(15)13(10)16/h3,6,9-10H,4-5,7H2,1-2H3;4-5,8,11H,3,6-7H2,1-2H3. The zero-order valence-corrected chi connectivity index (χ0v) is 20.9. The molecule has 0 spiro atoms. The van der Waals surface area contributed by atoms with E-state index in [-0.39, 0.29) is 41.0 Å². The largest absolute Gasteiger partial charge is 0.255 e. The first-order valence-electron chi connectivity index (χ1n) is 12.3. The molecule has 0 N–H and O–H groups in total. The smallest absolute Gasteiger partial charge is 0.207 e. The van der Waals surface area contributed by atoms with Gasteiger partial charge in [-0.2, -0.15) is 0 Å². The lowest BCUT2D eigenvalue weighted by Crippen LogP contribution is -2.34. The van der Waals surface area contributed by atoms with Crippen LogP contribution < -0.4 is 0 Å². The van der Waals surface area contributed by atoms with Crippen LogP contribution in [0.4, 0.5) is 35.1 Å². The fraction of sp³-hybridized carbons (Fsp3) is 0.571. The third-order valence-electron chi connectivity index (χ3n) is 7.69. The molecular weight excluding hydrogens is 488 g/mol. The number of hydrogen-bond acceptors (Lipinski definition) is 0. The first-order chi connectivity index (χ1) is 16.7. The van der Waals surface area contributed by atoms with Crippen molar-refractivity contribution in [1.29, 1.82) is 0 Å². The van der Waals surface area contributed by atoms with E-state index in [9.17, 15) is 35.1 Å². The molecule has 8 heteroatoms. The summed E-state index contributed by atoms with van der Waals surface area (Å²) in [4.78, 5) is 0. The van der Waals surface area contributed by atoms with Crippen molar-refractivity contribution >= 4 is 0 Å². The minimum absolute atomic E-state index is 0.0744. The highest BCUT2D eigenvalue weighted by Gasteiger charge is 2.46. The summed E-state index contributed by atoms with van der Waals surface area (Å²) in [6.07, 6.45) is 0.992. The van der Waals surface area contributed by atoms with E-state index in [0.717, 1.165) is 0 Å². The third kappa shape index (κ3) is 5.88. The van der Waals surface area contributed by atoms with Gasteiger partial charge in [0.05, 0.1) is 5.92 Å². The summed E-state index contributed by atoms with van der Waals surface area (Å²) < 4.78 is 110. The Morgan fingerprint density at radius 3 is 1.67 bits per heavy atom. The number of alkyl halides is 4. The Morgan fingerprint density at radius 1 is 0.611 bits per heavy atom. The molecule has 2 fully saturated rings. The lowest BCUT2D eigenvalue weighted by atomic mass is 9.76. The second-order valence-electron chi connectivity index (χ2n) is 10.5. The number of halogens is 8. The second kappa shape index (κ2) is 10.7. The van der Waals surface area contributed by atoms with Gasteiger partial charge in [0.1, 0.15) is 0 Å². The van der Waals surface area contributed by atoms with Crippen molar-refractivity contribution in [3.8, 4) is 0 Å². The molecule has 0 radical (unpaired) electrons. The molecule has 0 aliphatic heterocycles. The fourth-order valence-electron chi connectivity index (χ4n) is 5.22. The Bertz CT molecular complexity index is 1080. The topological polar surface area (TPSA) is 0 Å². The van der Waals surface area contributed by atoms with E-state index in [1.165, 1.54) is 45.0 Å². The van der Waals surface area contributed by atoms with E-state index in [1.807, 2.05) is 0 Å². The lowest BCUT2D eigenvalue weighted by Gasteiger charge is -2.35. The SMILES string of the molecule is Cc1ccc(C2CCC(C)C(F)(F)C2)c(F)c1F.Cc1ccc(C2CCC(C)CC2(F)F)c(F)c1F. The Balaban J connectivity index is 0.000000201. The predicted octanol–water partition coefficient (Wildman–Crippen LogP) is 9.62.